The number of pyridine rings is 1. The molecule has 4 heterocycles. The monoisotopic (exact) mass is 520 g/mol. The number of piperidine rings is 3. The van der Waals surface area contributed by atoms with Crippen molar-refractivity contribution >= 4 is 16.9 Å². The predicted molar refractivity (Wildman–Crippen MR) is 150 cm³/mol. The summed E-state index contributed by atoms with van der Waals surface area (Å²) in [5.41, 5.74) is 1.95. The molecule has 0 radical (unpaired) electrons. The van der Waals surface area contributed by atoms with Gasteiger partial charge in [0, 0.05) is 24.2 Å². The predicted octanol–water partition coefficient (Wildman–Crippen LogP) is 6.20. The van der Waals surface area contributed by atoms with Crippen LogP contribution in [0.25, 0.3) is 10.9 Å². The molecule has 38 heavy (non-hydrogen) atoms. The Balaban J connectivity index is 1.39. The smallest absolute Gasteiger partial charge is 0.332 e. The molecule has 6 heteroatoms. The summed E-state index contributed by atoms with van der Waals surface area (Å²) in [5.74, 6) is 3.14. The molecular formula is C32H44N2O4. The van der Waals surface area contributed by atoms with Gasteiger partial charge in [0.1, 0.15) is 18.5 Å². The maximum atomic E-state index is 13.2. The number of hydrogen-bond acceptors (Lipinski definition) is 6. The average Bonchev–Trinajstić information content (AvgIpc) is 2.93. The third-order valence-electron chi connectivity index (χ3n) is 9.42. The van der Waals surface area contributed by atoms with Crippen molar-refractivity contribution in [2.45, 2.75) is 71.1 Å². The first kappa shape index (κ1) is 27.1. The highest BCUT2D eigenvalue weighted by Gasteiger charge is 2.43. The molecule has 0 N–H and O–H groups in total. The first-order valence-electron chi connectivity index (χ1n) is 14.5. The fraction of sp³-hybridized carbons (Fsp3) is 0.625. The van der Waals surface area contributed by atoms with Crippen LogP contribution in [-0.4, -0.2) is 54.8 Å². The van der Waals surface area contributed by atoms with E-state index in [1.54, 1.807) is 7.11 Å². The molecule has 1 unspecified atom stereocenters. The summed E-state index contributed by atoms with van der Waals surface area (Å²) in [5, 5.41) is 1.01. The molecule has 1 aliphatic carbocycles. The van der Waals surface area contributed by atoms with Crippen molar-refractivity contribution in [3.8, 4) is 5.75 Å². The Hall–Kier alpha value is -2.44. The second-order valence-electron chi connectivity index (χ2n) is 12.1. The quantitative estimate of drug-likeness (QED) is 0.290. The molecule has 4 fully saturated rings. The molecule has 0 amide bonds. The van der Waals surface area contributed by atoms with Gasteiger partial charge in [0.25, 0.3) is 0 Å². The van der Waals surface area contributed by atoms with Gasteiger partial charge in [-0.25, -0.2) is 4.79 Å². The zero-order valence-corrected chi connectivity index (χ0v) is 23.5. The molecule has 2 bridgehead atoms. The largest absolute Gasteiger partial charge is 0.497 e. The van der Waals surface area contributed by atoms with Gasteiger partial charge in [-0.3, -0.25) is 9.88 Å². The van der Waals surface area contributed by atoms with Gasteiger partial charge in [-0.05, 0) is 91.6 Å². The van der Waals surface area contributed by atoms with E-state index in [9.17, 15) is 4.79 Å². The van der Waals surface area contributed by atoms with Crippen molar-refractivity contribution in [2.75, 3.05) is 26.8 Å². The van der Waals surface area contributed by atoms with Gasteiger partial charge in [0.2, 0.25) is 0 Å². The van der Waals surface area contributed by atoms with Gasteiger partial charge < -0.3 is 14.2 Å². The minimum Gasteiger partial charge on any atom is -0.497 e. The molecule has 6 rings (SSSR count). The Morgan fingerprint density at radius 1 is 1.21 bits per heavy atom. The Labute approximate surface area is 227 Å². The second-order valence-corrected chi connectivity index (χ2v) is 12.1. The van der Waals surface area contributed by atoms with E-state index in [2.05, 4.69) is 43.3 Å². The standard InChI is InChI=1S/C32H44N2O4/c1-6-22-18-34-14-12-23(22)16-29(34)32(26-11-13-33-28-10-8-24(36-5)17-27(26)28)37-19-31(35)38-30-15-21(4)7-9-25(30)20(2)3/h6,8,10-11,13,17,20-23,25,29-30,32H,1,7,9,12,14-16,18-19H2,2-5H3/t21-,22+,23+,25+,29-,30-,32+/m1/s1. The lowest BCUT2D eigenvalue weighted by Gasteiger charge is -2.51. The van der Waals surface area contributed by atoms with Crippen molar-refractivity contribution < 1.29 is 19.0 Å². The maximum absolute atomic E-state index is 13.2. The first-order valence-corrected chi connectivity index (χ1v) is 14.5. The highest BCUT2D eigenvalue weighted by atomic mass is 16.6. The SMILES string of the molecule is C=C[C@H]1CN2CC[C@H]1C[C@@H]2[C@@H](OCC(=O)O[C@@H]1C[C@H](C)CC[C@H]1C(C)C)c1ccnc2ccc(OC)cc12. The molecule has 3 aliphatic heterocycles. The van der Waals surface area contributed by atoms with E-state index in [1.807, 2.05) is 30.5 Å². The zero-order chi connectivity index (χ0) is 26.8. The number of benzene rings is 1. The normalized spacial score (nSPS) is 31.8. The minimum absolute atomic E-state index is 0.0258. The van der Waals surface area contributed by atoms with Gasteiger partial charge >= 0.3 is 5.97 Å². The summed E-state index contributed by atoms with van der Waals surface area (Å²) in [6.07, 6.45) is 9.15. The van der Waals surface area contributed by atoms with Crippen LogP contribution in [0.15, 0.2) is 43.1 Å². The number of esters is 1. The molecule has 3 saturated heterocycles. The van der Waals surface area contributed by atoms with Gasteiger partial charge in [0.05, 0.1) is 18.7 Å². The summed E-state index contributed by atoms with van der Waals surface area (Å²) in [6, 6.07) is 8.19. The molecule has 1 aromatic heterocycles. The highest BCUT2D eigenvalue weighted by molar-refractivity contribution is 5.84. The summed E-state index contributed by atoms with van der Waals surface area (Å²) < 4.78 is 18.2. The Morgan fingerprint density at radius 2 is 2.05 bits per heavy atom. The third kappa shape index (κ3) is 5.62. The first-order chi connectivity index (χ1) is 18.4. The van der Waals surface area contributed by atoms with Crippen LogP contribution >= 0.6 is 0 Å². The van der Waals surface area contributed by atoms with Crippen LogP contribution in [0, 0.1) is 29.6 Å². The molecule has 8 atom stereocenters. The van der Waals surface area contributed by atoms with Gasteiger partial charge in [0.15, 0.2) is 0 Å². The zero-order valence-electron chi connectivity index (χ0n) is 23.5. The average molecular weight is 521 g/mol. The van der Waals surface area contributed by atoms with Crippen molar-refractivity contribution in [3.05, 3.63) is 48.7 Å². The molecule has 206 valence electrons. The Morgan fingerprint density at radius 3 is 2.76 bits per heavy atom. The molecule has 0 spiro atoms. The number of nitrogens with zero attached hydrogens (tertiary/aromatic N) is 2. The number of carbonyl (C=O) groups is 1. The molecule has 4 aliphatic rings. The van der Waals surface area contributed by atoms with E-state index in [4.69, 9.17) is 14.2 Å². The van der Waals surface area contributed by atoms with E-state index >= 15 is 0 Å². The molecule has 1 aromatic carbocycles. The van der Waals surface area contributed by atoms with Crippen LogP contribution in [0.5, 0.6) is 5.75 Å². The van der Waals surface area contributed by atoms with Crippen molar-refractivity contribution in [1.29, 1.82) is 0 Å². The van der Waals surface area contributed by atoms with Crippen LogP contribution in [0.2, 0.25) is 0 Å². The number of rotatable bonds is 9. The number of ether oxygens (including phenoxy) is 3. The molecule has 2 aromatic rings. The van der Waals surface area contributed by atoms with E-state index in [-0.39, 0.29) is 30.8 Å². The van der Waals surface area contributed by atoms with Crippen LogP contribution in [-0.2, 0) is 14.3 Å². The fourth-order valence-electron chi connectivity index (χ4n) is 7.23. The third-order valence-corrected chi connectivity index (χ3v) is 9.42. The van der Waals surface area contributed by atoms with E-state index in [1.165, 1.54) is 12.8 Å². The summed E-state index contributed by atoms with van der Waals surface area (Å²) in [7, 11) is 1.68. The number of aromatic nitrogens is 1. The fourth-order valence-corrected chi connectivity index (χ4v) is 7.23. The van der Waals surface area contributed by atoms with E-state index < -0.39 is 0 Å². The number of hydrogen-bond donors (Lipinski definition) is 0. The number of carbonyl (C=O) groups excluding carboxylic acids is 1. The van der Waals surface area contributed by atoms with Crippen LogP contribution in [0.3, 0.4) is 0 Å². The second kappa shape index (κ2) is 11.7. The van der Waals surface area contributed by atoms with Gasteiger partial charge in [-0.15, -0.1) is 6.58 Å². The number of fused-ring (bicyclic) bond motifs is 4. The van der Waals surface area contributed by atoms with Crippen molar-refractivity contribution in [1.82, 2.24) is 9.88 Å². The van der Waals surface area contributed by atoms with Crippen LogP contribution < -0.4 is 4.74 Å². The molecule has 6 nitrogen and oxygen atoms in total. The molecule has 1 saturated carbocycles. The summed E-state index contributed by atoms with van der Waals surface area (Å²) >= 11 is 0. The Bertz CT molecular complexity index is 1130. The Kier molecular flexibility index (Phi) is 8.39. The van der Waals surface area contributed by atoms with E-state index in [0.29, 0.717) is 29.6 Å². The lowest BCUT2D eigenvalue weighted by molar-refractivity contribution is -0.166. The lowest BCUT2D eigenvalue weighted by atomic mass is 9.73. The molecular weight excluding hydrogens is 476 g/mol. The van der Waals surface area contributed by atoms with Crippen LogP contribution in [0.4, 0.5) is 0 Å². The van der Waals surface area contributed by atoms with Crippen LogP contribution in [0.1, 0.15) is 64.5 Å². The van der Waals surface area contributed by atoms with Crippen molar-refractivity contribution in [3.63, 3.8) is 0 Å². The highest BCUT2D eigenvalue weighted by Crippen LogP contribution is 2.44. The number of methoxy groups -OCH3 is 1. The summed E-state index contributed by atoms with van der Waals surface area (Å²) in [4.78, 5) is 20.3. The van der Waals surface area contributed by atoms with Crippen molar-refractivity contribution in [2.24, 2.45) is 29.6 Å². The minimum atomic E-state index is -0.264. The maximum Gasteiger partial charge on any atom is 0.332 e. The summed E-state index contributed by atoms with van der Waals surface area (Å²) in [6.45, 7) is 12.8. The van der Waals surface area contributed by atoms with Gasteiger partial charge in [-0.1, -0.05) is 33.3 Å². The van der Waals surface area contributed by atoms with E-state index in [0.717, 1.165) is 54.6 Å². The van der Waals surface area contributed by atoms with Gasteiger partial charge in [-0.2, -0.15) is 0 Å². The topological polar surface area (TPSA) is 60.9 Å². The lowest BCUT2D eigenvalue weighted by Crippen LogP contribution is -2.55.